The molecule has 4 heterocycles. The number of para-hydroxylation sites is 2. The van der Waals surface area contributed by atoms with E-state index in [9.17, 15) is 4.79 Å². The van der Waals surface area contributed by atoms with Gasteiger partial charge in [-0.25, -0.2) is 4.98 Å². The first-order chi connectivity index (χ1) is 17.2. The molecule has 2 saturated heterocycles. The van der Waals surface area contributed by atoms with Crippen molar-refractivity contribution in [3.63, 3.8) is 0 Å². The molecule has 4 aromatic rings. The molecule has 0 N–H and O–H groups in total. The molecule has 2 aliphatic rings. The molecule has 0 saturated carbocycles. The molecule has 180 valence electrons. The molecule has 0 atom stereocenters. The number of rotatable bonds is 5. The number of carbonyl (C=O) groups is 1. The molecule has 2 aliphatic heterocycles. The molecule has 6 rings (SSSR count). The van der Waals surface area contributed by atoms with Crippen molar-refractivity contribution < 1.29 is 9.21 Å². The fraction of sp³-hybridized carbons (Fsp3) is 0.370. The van der Waals surface area contributed by atoms with Crippen LogP contribution < -0.4 is 4.90 Å². The number of fused-ring (bicyclic) bond motifs is 1. The van der Waals surface area contributed by atoms with Gasteiger partial charge >= 0.3 is 0 Å². The molecular formula is C27H29N5O2S. The average Bonchev–Trinajstić information content (AvgIpc) is 3.57. The highest BCUT2D eigenvalue weighted by atomic mass is 32.1. The zero-order valence-electron chi connectivity index (χ0n) is 19.7. The van der Waals surface area contributed by atoms with Crippen LogP contribution in [0.25, 0.3) is 21.7 Å². The van der Waals surface area contributed by atoms with Crippen molar-refractivity contribution in [3.05, 3.63) is 65.7 Å². The van der Waals surface area contributed by atoms with E-state index in [4.69, 9.17) is 9.40 Å². The Balaban J connectivity index is 0.986. The number of piperazine rings is 1. The zero-order chi connectivity index (χ0) is 23.6. The number of thiazole rings is 1. The number of hydrogen-bond donors (Lipinski definition) is 0. The molecular weight excluding hydrogens is 458 g/mol. The Morgan fingerprint density at radius 3 is 2.43 bits per heavy atom. The Bertz CT molecular complexity index is 1250. The minimum Gasteiger partial charge on any atom is -0.423 e. The third kappa shape index (κ3) is 4.81. The Kier molecular flexibility index (Phi) is 6.22. The van der Waals surface area contributed by atoms with Crippen molar-refractivity contribution in [1.29, 1.82) is 0 Å². The van der Waals surface area contributed by atoms with Gasteiger partial charge in [0.2, 0.25) is 5.91 Å². The van der Waals surface area contributed by atoms with Crippen LogP contribution >= 0.6 is 11.3 Å². The van der Waals surface area contributed by atoms with Crippen molar-refractivity contribution in [2.45, 2.75) is 19.4 Å². The highest BCUT2D eigenvalue weighted by Crippen LogP contribution is 2.28. The van der Waals surface area contributed by atoms with Gasteiger partial charge in [-0.05, 0) is 25.0 Å². The minimum atomic E-state index is 0.0918. The normalized spacial score (nSPS) is 17.8. The number of benzene rings is 2. The van der Waals surface area contributed by atoms with Crippen molar-refractivity contribution in [1.82, 2.24) is 19.8 Å². The molecule has 0 radical (unpaired) electrons. The summed E-state index contributed by atoms with van der Waals surface area (Å²) in [7, 11) is 0. The second kappa shape index (κ2) is 9.79. The van der Waals surface area contributed by atoms with E-state index in [1.807, 2.05) is 42.5 Å². The monoisotopic (exact) mass is 487 g/mol. The van der Waals surface area contributed by atoms with Crippen LogP contribution in [0.5, 0.6) is 0 Å². The second-order valence-corrected chi connectivity index (χ2v) is 10.2. The Hall–Kier alpha value is -3.23. The number of piperidine rings is 1. The molecule has 0 bridgehead atoms. The van der Waals surface area contributed by atoms with Gasteiger partial charge in [0.25, 0.3) is 6.01 Å². The van der Waals surface area contributed by atoms with Gasteiger partial charge in [-0.1, -0.05) is 42.5 Å². The number of aromatic nitrogens is 2. The van der Waals surface area contributed by atoms with E-state index in [0.29, 0.717) is 11.9 Å². The lowest BCUT2D eigenvalue weighted by molar-refractivity contribution is -0.138. The van der Waals surface area contributed by atoms with Crippen LogP contribution in [-0.2, 0) is 11.3 Å². The maximum absolute atomic E-state index is 13.2. The predicted octanol–water partition coefficient (Wildman–Crippen LogP) is 4.51. The lowest BCUT2D eigenvalue weighted by atomic mass is 9.95. The average molecular weight is 488 g/mol. The molecule has 8 heteroatoms. The largest absolute Gasteiger partial charge is 0.423 e. The summed E-state index contributed by atoms with van der Waals surface area (Å²) in [5.41, 5.74) is 3.97. The van der Waals surface area contributed by atoms with Crippen LogP contribution in [0.1, 0.15) is 18.5 Å². The standard InChI is InChI=1S/C27H29N5O2S/c33-26(21-10-12-32(13-11-21)27-29-23-8-4-5-9-24(23)34-27)31-16-14-30(15-17-31)18-22-19-35-25(28-22)20-6-2-1-3-7-20/h1-9,19,21H,10-18H2. The molecule has 0 spiro atoms. The van der Waals surface area contributed by atoms with E-state index < -0.39 is 0 Å². The summed E-state index contributed by atoms with van der Waals surface area (Å²) in [4.78, 5) is 29.3. The maximum atomic E-state index is 13.2. The molecule has 2 aromatic carbocycles. The van der Waals surface area contributed by atoms with Gasteiger partial charge in [0.15, 0.2) is 5.58 Å². The predicted molar refractivity (Wildman–Crippen MR) is 138 cm³/mol. The molecule has 0 aliphatic carbocycles. The Morgan fingerprint density at radius 1 is 0.914 bits per heavy atom. The highest BCUT2D eigenvalue weighted by Gasteiger charge is 2.31. The summed E-state index contributed by atoms with van der Waals surface area (Å²) in [5.74, 6) is 0.399. The highest BCUT2D eigenvalue weighted by molar-refractivity contribution is 7.13. The van der Waals surface area contributed by atoms with Gasteiger partial charge in [-0.3, -0.25) is 9.69 Å². The Labute approximate surface area is 209 Å². The number of carbonyl (C=O) groups excluding carboxylic acids is 1. The first-order valence-electron chi connectivity index (χ1n) is 12.3. The molecule has 1 amide bonds. The third-order valence-corrected chi connectivity index (χ3v) is 7.98. The van der Waals surface area contributed by atoms with E-state index in [2.05, 4.69) is 37.2 Å². The molecule has 2 fully saturated rings. The SMILES string of the molecule is O=C(C1CCN(c2nc3ccccc3o2)CC1)N1CCN(Cc2csc(-c3ccccc3)n2)CC1. The van der Waals surface area contributed by atoms with Gasteiger partial charge in [-0.2, -0.15) is 4.98 Å². The summed E-state index contributed by atoms with van der Waals surface area (Å²) in [6.07, 6.45) is 1.69. The number of hydrogen-bond acceptors (Lipinski definition) is 7. The summed E-state index contributed by atoms with van der Waals surface area (Å²) in [6, 6.07) is 18.8. The van der Waals surface area contributed by atoms with E-state index in [0.717, 1.165) is 80.5 Å². The molecule has 7 nitrogen and oxygen atoms in total. The lowest BCUT2D eigenvalue weighted by Crippen LogP contribution is -2.51. The van der Waals surface area contributed by atoms with Crippen LogP contribution in [0.3, 0.4) is 0 Å². The van der Waals surface area contributed by atoms with Crippen LogP contribution in [0.4, 0.5) is 6.01 Å². The van der Waals surface area contributed by atoms with Gasteiger partial charge in [0, 0.05) is 62.7 Å². The number of oxazole rings is 1. The van der Waals surface area contributed by atoms with Crippen LogP contribution in [-0.4, -0.2) is 64.9 Å². The fourth-order valence-corrected chi connectivity index (χ4v) is 5.84. The maximum Gasteiger partial charge on any atom is 0.298 e. The summed E-state index contributed by atoms with van der Waals surface area (Å²) in [6.45, 7) is 5.82. The lowest BCUT2D eigenvalue weighted by Gasteiger charge is -2.38. The van der Waals surface area contributed by atoms with Crippen LogP contribution in [0, 0.1) is 5.92 Å². The Morgan fingerprint density at radius 2 is 1.66 bits per heavy atom. The quantitative estimate of drug-likeness (QED) is 0.413. The van der Waals surface area contributed by atoms with E-state index in [1.165, 1.54) is 5.56 Å². The smallest absolute Gasteiger partial charge is 0.298 e. The van der Waals surface area contributed by atoms with Crippen molar-refractivity contribution in [2.75, 3.05) is 44.2 Å². The summed E-state index contributed by atoms with van der Waals surface area (Å²) < 4.78 is 5.92. The van der Waals surface area contributed by atoms with Gasteiger partial charge in [-0.15, -0.1) is 11.3 Å². The number of anilines is 1. The van der Waals surface area contributed by atoms with Crippen LogP contribution in [0.15, 0.2) is 64.4 Å². The third-order valence-electron chi connectivity index (χ3n) is 7.04. The number of nitrogens with zero attached hydrogens (tertiary/aromatic N) is 5. The number of amides is 1. The van der Waals surface area contributed by atoms with Crippen molar-refractivity contribution in [3.8, 4) is 10.6 Å². The topological polar surface area (TPSA) is 65.7 Å². The van der Waals surface area contributed by atoms with Gasteiger partial charge in [0.05, 0.1) is 5.69 Å². The first-order valence-corrected chi connectivity index (χ1v) is 13.2. The van der Waals surface area contributed by atoms with E-state index in [-0.39, 0.29) is 5.92 Å². The van der Waals surface area contributed by atoms with E-state index in [1.54, 1.807) is 11.3 Å². The van der Waals surface area contributed by atoms with E-state index >= 15 is 0 Å². The molecule has 2 aromatic heterocycles. The summed E-state index contributed by atoms with van der Waals surface area (Å²) in [5, 5.41) is 3.23. The summed E-state index contributed by atoms with van der Waals surface area (Å²) >= 11 is 1.70. The van der Waals surface area contributed by atoms with Crippen molar-refractivity contribution >= 4 is 34.4 Å². The first kappa shape index (κ1) is 22.2. The second-order valence-electron chi connectivity index (χ2n) is 9.34. The molecule has 0 unspecified atom stereocenters. The van der Waals surface area contributed by atoms with Gasteiger partial charge in [0.1, 0.15) is 10.5 Å². The molecule has 35 heavy (non-hydrogen) atoms. The minimum absolute atomic E-state index is 0.0918. The zero-order valence-corrected chi connectivity index (χ0v) is 20.5. The fourth-order valence-electron chi connectivity index (χ4n) is 5.02. The van der Waals surface area contributed by atoms with Crippen LogP contribution in [0.2, 0.25) is 0 Å². The van der Waals surface area contributed by atoms with Crippen molar-refractivity contribution in [2.24, 2.45) is 5.92 Å². The van der Waals surface area contributed by atoms with Gasteiger partial charge < -0.3 is 14.2 Å².